The molecule has 0 saturated heterocycles. The number of rotatable bonds is 4. The van der Waals surface area contributed by atoms with Crippen molar-refractivity contribution in [2.45, 2.75) is 13.8 Å². The van der Waals surface area contributed by atoms with Crippen LogP contribution in [0.5, 0.6) is 0 Å². The zero-order chi connectivity index (χ0) is 17.3. The predicted molar refractivity (Wildman–Crippen MR) is 88.6 cm³/mol. The fraction of sp³-hybridized carbons (Fsp3) is 0.118. The van der Waals surface area contributed by atoms with Gasteiger partial charge in [0.2, 0.25) is 0 Å². The molecule has 0 atom stereocenters. The van der Waals surface area contributed by atoms with Gasteiger partial charge in [0, 0.05) is 0 Å². The van der Waals surface area contributed by atoms with Crippen molar-refractivity contribution in [2.75, 3.05) is 0 Å². The highest BCUT2D eigenvalue weighted by molar-refractivity contribution is 6.50. The fourth-order valence-corrected chi connectivity index (χ4v) is 2.40. The Morgan fingerprint density at radius 2 is 1.88 bits per heavy atom. The van der Waals surface area contributed by atoms with Crippen LogP contribution in [-0.4, -0.2) is 21.3 Å². The van der Waals surface area contributed by atoms with Crippen molar-refractivity contribution in [3.63, 3.8) is 0 Å². The number of aryl methyl sites for hydroxylation is 2. The summed E-state index contributed by atoms with van der Waals surface area (Å²) in [5.41, 5.74) is 1.65. The van der Waals surface area contributed by atoms with Gasteiger partial charge in [-0.3, -0.25) is 0 Å². The summed E-state index contributed by atoms with van der Waals surface area (Å²) in [5.74, 6) is 0.956. The summed E-state index contributed by atoms with van der Waals surface area (Å²) in [6, 6.07) is 8.10. The molecule has 1 N–H and O–H groups in total. The Balaban J connectivity index is 1.86. The van der Waals surface area contributed by atoms with Crippen LogP contribution >= 0.6 is 11.6 Å². The molecule has 6 nitrogen and oxygen atoms in total. The lowest BCUT2D eigenvalue weighted by Crippen LogP contribution is -1.94. The maximum absolute atomic E-state index is 10.8. The van der Waals surface area contributed by atoms with Gasteiger partial charge in [-0.05, 0) is 43.7 Å². The Kier molecular flexibility index (Phi) is 4.22. The molecule has 24 heavy (non-hydrogen) atoms. The van der Waals surface area contributed by atoms with Crippen LogP contribution < -0.4 is 0 Å². The number of halogens is 1. The number of aromatic carboxylic acids is 1. The standard InChI is InChI=1S/C17H13ClN2O4/c1-9-7-13(10(2)23-9)15-19-20-16(24-15)14(18)8-11-3-5-12(6-4-11)17(21)22/h3-8H,1-2H3,(H,21,22)/b14-8-. The van der Waals surface area contributed by atoms with Gasteiger partial charge in [-0.2, -0.15) is 0 Å². The summed E-state index contributed by atoms with van der Waals surface area (Å²) in [7, 11) is 0. The molecule has 0 unspecified atom stereocenters. The number of carboxylic acids is 1. The predicted octanol–water partition coefficient (Wildman–Crippen LogP) is 4.38. The number of aromatic nitrogens is 2. The molecule has 0 radical (unpaired) electrons. The second-order valence-electron chi connectivity index (χ2n) is 5.16. The van der Waals surface area contributed by atoms with Crippen molar-refractivity contribution in [3.05, 3.63) is 58.9 Å². The minimum atomic E-state index is -0.982. The SMILES string of the molecule is Cc1cc(-c2nnc(/C(Cl)=C/c3ccc(C(=O)O)cc3)o2)c(C)o1. The molecule has 0 amide bonds. The van der Waals surface area contributed by atoms with E-state index in [1.165, 1.54) is 12.1 Å². The number of hydrogen-bond acceptors (Lipinski definition) is 5. The average molecular weight is 345 g/mol. The zero-order valence-electron chi connectivity index (χ0n) is 12.9. The molecule has 0 aliphatic rings. The lowest BCUT2D eigenvalue weighted by Gasteiger charge is -1.97. The zero-order valence-corrected chi connectivity index (χ0v) is 13.7. The van der Waals surface area contributed by atoms with Crippen molar-refractivity contribution in [2.24, 2.45) is 0 Å². The van der Waals surface area contributed by atoms with Crippen molar-refractivity contribution < 1.29 is 18.7 Å². The van der Waals surface area contributed by atoms with Gasteiger partial charge in [0.15, 0.2) is 0 Å². The first kappa shape index (κ1) is 16.0. The van der Waals surface area contributed by atoms with Gasteiger partial charge < -0.3 is 13.9 Å². The molecule has 3 rings (SSSR count). The first-order valence-corrected chi connectivity index (χ1v) is 7.43. The molecular formula is C17H13ClN2O4. The van der Waals surface area contributed by atoms with Crippen molar-refractivity contribution >= 4 is 28.7 Å². The summed E-state index contributed by atoms with van der Waals surface area (Å²) in [5, 5.41) is 17.1. The van der Waals surface area contributed by atoms with Gasteiger partial charge in [-0.25, -0.2) is 4.79 Å². The Labute approximate surface area is 142 Å². The third-order valence-corrected chi connectivity index (χ3v) is 3.62. The number of carbonyl (C=O) groups is 1. The molecule has 2 heterocycles. The lowest BCUT2D eigenvalue weighted by atomic mass is 10.1. The largest absolute Gasteiger partial charge is 0.478 e. The minimum absolute atomic E-state index is 0.173. The highest BCUT2D eigenvalue weighted by Crippen LogP contribution is 2.28. The smallest absolute Gasteiger partial charge is 0.335 e. The first-order chi connectivity index (χ1) is 11.4. The van der Waals surface area contributed by atoms with E-state index in [0.29, 0.717) is 11.7 Å². The molecule has 3 aromatic rings. The summed E-state index contributed by atoms with van der Waals surface area (Å²) in [6.07, 6.45) is 1.62. The first-order valence-electron chi connectivity index (χ1n) is 7.06. The summed E-state index contributed by atoms with van der Waals surface area (Å²) in [4.78, 5) is 10.8. The molecule has 2 aromatic heterocycles. The third-order valence-electron chi connectivity index (χ3n) is 3.35. The third kappa shape index (κ3) is 3.23. The monoisotopic (exact) mass is 344 g/mol. The Hall–Kier alpha value is -2.86. The molecular weight excluding hydrogens is 332 g/mol. The van der Waals surface area contributed by atoms with E-state index in [2.05, 4.69) is 10.2 Å². The second kappa shape index (κ2) is 6.33. The molecule has 0 fully saturated rings. The molecule has 0 aliphatic heterocycles. The van der Waals surface area contributed by atoms with Crippen LogP contribution in [0.4, 0.5) is 0 Å². The topological polar surface area (TPSA) is 89.4 Å². The number of benzene rings is 1. The quantitative estimate of drug-likeness (QED) is 0.755. The lowest BCUT2D eigenvalue weighted by molar-refractivity contribution is 0.0697. The van der Waals surface area contributed by atoms with Crippen molar-refractivity contribution in [1.82, 2.24) is 10.2 Å². The Morgan fingerprint density at radius 3 is 2.46 bits per heavy atom. The Bertz CT molecular complexity index is 922. The van der Waals surface area contributed by atoms with Gasteiger partial charge in [-0.15, -0.1) is 10.2 Å². The van der Waals surface area contributed by atoms with E-state index in [9.17, 15) is 4.79 Å². The van der Waals surface area contributed by atoms with E-state index < -0.39 is 5.97 Å². The van der Waals surface area contributed by atoms with Gasteiger partial charge in [0.25, 0.3) is 11.8 Å². The minimum Gasteiger partial charge on any atom is -0.478 e. The molecule has 0 aliphatic carbocycles. The van der Waals surface area contributed by atoms with Crippen LogP contribution in [0.15, 0.2) is 39.2 Å². The maximum atomic E-state index is 10.8. The molecule has 7 heteroatoms. The van der Waals surface area contributed by atoms with E-state index in [0.717, 1.165) is 16.9 Å². The van der Waals surface area contributed by atoms with Gasteiger partial charge in [0.1, 0.15) is 16.6 Å². The van der Waals surface area contributed by atoms with Crippen molar-refractivity contribution in [3.8, 4) is 11.5 Å². The summed E-state index contributed by atoms with van der Waals surface area (Å²) >= 11 is 6.21. The second-order valence-corrected chi connectivity index (χ2v) is 5.57. The van der Waals surface area contributed by atoms with Crippen LogP contribution in [0.25, 0.3) is 22.6 Å². The fourth-order valence-electron chi connectivity index (χ4n) is 2.20. The van der Waals surface area contributed by atoms with E-state index >= 15 is 0 Å². The van der Waals surface area contributed by atoms with E-state index in [1.54, 1.807) is 18.2 Å². The van der Waals surface area contributed by atoms with Crippen LogP contribution in [0.2, 0.25) is 0 Å². The van der Waals surface area contributed by atoms with Gasteiger partial charge >= 0.3 is 5.97 Å². The van der Waals surface area contributed by atoms with E-state index in [4.69, 9.17) is 25.5 Å². The molecule has 122 valence electrons. The molecule has 0 saturated carbocycles. The van der Waals surface area contributed by atoms with Crippen LogP contribution in [0.3, 0.4) is 0 Å². The summed E-state index contributed by atoms with van der Waals surface area (Å²) < 4.78 is 11.0. The van der Waals surface area contributed by atoms with Gasteiger partial charge in [-0.1, -0.05) is 23.7 Å². The number of nitrogens with zero attached hydrogens (tertiary/aromatic N) is 2. The average Bonchev–Trinajstić information content (AvgIpc) is 3.14. The van der Waals surface area contributed by atoms with Crippen LogP contribution in [0.1, 0.15) is 33.3 Å². The van der Waals surface area contributed by atoms with Crippen LogP contribution in [-0.2, 0) is 0 Å². The van der Waals surface area contributed by atoms with Gasteiger partial charge in [0.05, 0.1) is 11.1 Å². The highest BCUT2D eigenvalue weighted by Gasteiger charge is 2.16. The normalized spacial score (nSPS) is 11.7. The maximum Gasteiger partial charge on any atom is 0.335 e. The number of furan rings is 1. The number of carboxylic acid groups (broad SMARTS) is 1. The Morgan fingerprint density at radius 1 is 1.17 bits per heavy atom. The summed E-state index contributed by atoms with van der Waals surface area (Å²) in [6.45, 7) is 3.65. The van der Waals surface area contributed by atoms with Crippen molar-refractivity contribution in [1.29, 1.82) is 0 Å². The molecule has 0 spiro atoms. The highest BCUT2D eigenvalue weighted by atomic mass is 35.5. The molecule has 0 bridgehead atoms. The number of hydrogen-bond donors (Lipinski definition) is 1. The van der Waals surface area contributed by atoms with E-state index in [-0.39, 0.29) is 16.5 Å². The molecule has 1 aromatic carbocycles. The van der Waals surface area contributed by atoms with Crippen LogP contribution in [0, 0.1) is 13.8 Å². The van der Waals surface area contributed by atoms with E-state index in [1.807, 2.05) is 19.9 Å².